The summed E-state index contributed by atoms with van der Waals surface area (Å²) in [4.78, 5) is 0. The topological polar surface area (TPSA) is 126 Å². The Balaban J connectivity index is 0. The van der Waals surface area contributed by atoms with Crippen LogP contribution < -0.4 is 0 Å². The quantitative estimate of drug-likeness (QED) is 0.414. The Labute approximate surface area is 63.9 Å². The van der Waals surface area contributed by atoms with Crippen LogP contribution in [-0.2, 0) is 16.8 Å². The number of halogens is 2. The molecule has 0 aromatic rings. The molecule has 0 aliphatic carbocycles. The molecule has 0 aliphatic heterocycles. The largest absolute Gasteiger partial charge is 0.412 e. The van der Waals surface area contributed by atoms with Crippen molar-refractivity contribution in [2.24, 2.45) is 0 Å². The van der Waals surface area contributed by atoms with E-state index in [-0.39, 0.29) is 63.5 Å². The summed E-state index contributed by atoms with van der Waals surface area (Å²) in [5.41, 5.74) is 0. The van der Waals surface area contributed by atoms with Crippen molar-refractivity contribution < 1.29 is 38.7 Å². The fourth-order valence-corrected chi connectivity index (χ4v) is 0. The van der Waals surface area contributed by atoms with Gasteiger partial charge in [0, 0.05) is 16.8 Å². The zero-order valence-corrected chi connectivity index (χ0v) is 5.82. The molecular formula is H10Cl2CoO4. The van der Waals surface area contributed by atoms with Crippen molar-refractivity contribution >= 4 is 24.8 Å². The van der Waals surface area contributed by atoms with E-state index in [0.29, 0.717) is 0 Å². The standard InChI is InChI=1S/2ClH.Co.4H2O/h2*1H;;4*1H2. The van der Waals surface area contributed by atoms with Crippen LogP contribution in [0.25, 0.3) is 0 Å². The van der Waals surface area contributed by atoms with E-state index in [1.165, 1.54) is 0 Å². The molecule has 0 aromatic heterocycles. The van der Waals surface area contributed by atoms with E-state index in [2.05, 4.69) is 0 Å². The molecule has 0 atom stereocenters. The van der Waals surface area contributed by atoms with Crippen LogP contribution in [0, 0.1) is 0 Å². The molecule has 0 rings (SSSR count). The summed E-state index contributed by atoms with van der Waals surface area (Å²) in [6.07, 6.45) is 0. The first-order valence-corrected chi connectivity index (χ1v) is 0. The summed E-state index contributed by atoms with van der Waals surface area (Å²) in [5.74, 6) is 0. The van der Waals surface area contributed by atoms with Crippen LogP contribution >= 0.6 is 24.8 Å². The fourth-order valence-electron chi connectivity index (χ4n) is 0. The Kier molecular flexibility index (Phi) is 17900. The average Bonchev–Trinajstić information content (AvgIpc) is 0. The molecule has 0 saturated heterocycles. The van der Waals surface area contributed by atoms with Gasteiger partial charge in [-0.1, -0.05) is 0 Å². The van der Waals surface area contributed by atoms with E-state index >= 15 is 0 Å². The predicted molar refractivity (Wildman–Crippen MR) is 29.0 cm³/mol. The molecule has 7 heavy (non-hydrogen) atoms. The Morgan fingerprint density at radius 3 is 0.429 bits per heavy atom. The van der Waals surface area contributed by atoms with Crippen molar-refractivity contribution in [2.75, 3.05) is 0 Å². The van der Waals surface area contributed by atoms with Gasteiger partial charge in [-0.15, -0.1) is 24.8 Å². The van der Waals surface area contributed by atoms with Crippen LogP contribution in [0.15, 0.2) is 0 Å². The molecule has 1 radical (unpaired) electrons. The Morgan fingerprint density at radius 1 is 0.429 bits per heavy atom. The first-order chi connectivity index (χ1) is 0. The van der Waals surface area contributed by atoms with E-state index in [4.69, 9.17) is 0 Å². The van der Waals surface area contributed by atoms with Crippen LogP contribution in [0.2, 0.25) is 0 Å². The normalized spacial score (nSPS) is 0. The predicted octanol–water partition coefficient (Wildman–Crippen LogP) is -2.46. The SMILES string of the molecule is Cl.Cl.O.O.O.O.[Co]. The third-order valence-electron chi connectivity index (χ3n) is 0. The van der Waals surface area contributed by atoms with Crippen molar-refractivity contribution in [3.63, 3.8) is 0 Å². The van der Waals surface area contributed by atoms with E-state index in [9.17, 15) is 0 Å². The van der Waals surface area contributed by atoms with Gasteiger partial charge in [-0.2, -0.15) is 0 Å². The molecule has 0 bridgehead atoms. The summed E-state index contributed by atoms with van der Waals surface area (Å²) in [6, 6.07) is 0. The minimum atomic E-state index is 0. The molecule has 8 N–H and O–H groups in total. The molecular weight excluding hydrogens is 194 g/mol. The van der Waals surface area contributed by atoms with Crippen LogP contribution in [0.1, 0.15) is 0 Å². The number of hydrogen-bond donors (Lipinski definition) is 0. The minimum Gasteiger partial charge on any atom is -0.412 e. The second kappa shape index (κ2) is 283. The Bertz CT molecular complexity index is 9.65. The van der Waals surface area contributed by atoms with Gasteiger partial charge in [0.25, 0.3) is 0 Å². The van der Waals surface area contributed by atoms with E-state index in [1.807, 2.05) is 0 Å². The van der Waals surface area contributed by atoms with Crippen molar-refractivity contribution in [3.05, 3.63) is 0 Å². The maximum Gasteiger partial charge on any atom is 0 e. The minimum absolute atomic E-state index is 0. The third-order valence-corrected chi connectivity index (χ3v) is 0. The molecule has 0 heterocycles. The fraction of sp³-hybridized carbons (Fsp3) is 0. The number of hydrogen-bond acceptors (Lipinski definition) is 0. The van der Waals surface area contributed by atoms with Gasteiger partial charge in [0.1, 0.15) is 0 Å². The van der Waals surface area contributed by atoms with Crippen LogP contribution in [0.3, 0.4) is 0 Å². The first-order valence-electron chi connectivity index (χ1n) is 0. The summed E-state index contributed by atoms with van der Waals surface area (Å²) >= 11 is 0. The maximum atomic E-state index is 0. The van der Waals surface area contributed by atoms with Gasteiger partial charge in [0.2, 0.25) is 0 Å². The van der Waals surface area contributed by atoms with Crippen molar-refractivity contribution in [1.82, 2.24) is 0 Å². The molecule has 0 aliphatic rings. The molecule has 0 unspecified atom stereocenters. The Morgan fingerprint density at radius 2 is 0.429 bits per heavy atom. The van der Waals surface area contributed by atoms with Gasteiger partial charge in [-0.05, 0) is 0 Å². The van der Waals surface area contributed by atoms with E-state index in [1.54, 1.807) is 0 Å². The second-order valence-corrected chi connectivity index (χ2v) is 0. The summed E-state index contributed by atoms with van der Waals surface area (Å²) in [6.45, 7) is 0. The Hall–Kier alpha value is 0.926. The first kappa shape index (κ1) is 443. The second-order valence-electron chi connectivity index (χ2n) is 0. The maximum absolute atomic E-state index is 0. The van der Waals surface area contributed by atoms with Crippen molar-refractivity contribution in [1.29, 1.82) is 0 Å². The molecule has 4 nitrogen and oxygen atoms in total. The molecule has 0 saturated carbocycles. The molecule has 0 amide bonds. The van der Waals surface area contributed by atoms with E-state index < -0.39 is 0 Å². The van der Waals surface area contributed by atoms with Gasteiger partial charge in [0.15, 0.2) is 0 Å². The molecule has 57 valence electrons. The van der Waals surface area contributed by atoms with Crippen LogP contribution in [0.4, 0.5) is 0 Å². The molecule has 0 spiro atoms. The van der Waals surface area contributed by atoms with E-state index in [0.717, 1.165) is 0 Å². The van der Waals surface area contributed by atoms with Gasteiger partial charge in [0.05, 0.1) is 0 Å². The summed E-state index contributed by atoms with van der Waals surface area (Å²) < 4.78 is 0. The molecule has 0 fully saturated rings. The van der Waals surface area contributed by atoms with Crippen LogP contribution in [-0.4, -0.2) is 21.9 Å². The zero-order valence-electron chi connectivity index (χ0n) is 3.15. The summed E-state index contributed by atoms with van der Waals surface area (Å²) in [5, 5.41) is 0. The summed E-state index contributed by atoms with van der Waals surface area (Å²) in [7, 11) is 0. The van der Waals surface area contributed by atoms with Crippen molar-refractivity contribution in [2.45, 2.75) is 0 Å². The monoisotopic (exact) mass is 203 g/mol. The van der Waals surface area contributed by atoms with Crippen molar-refractivity contribution in [3.8, 4) is 0 Å². The number of rotatable bonds is 0. The van der Waals surface area contributed by atoms with Gasteiger partial charge >= 0.3 is 0 Å². The van der Waals surface area contributed by atoms with Gasteiger partial charge in [-0.3, -0.25) is 0 Å². The smallest absolute Gasteiger partial charge is 0 e. The van der Waals surface area contributed by atoms with Gasteiger partial charge in [-0.25, -0.2) is 0 Å². The average molecular weight is 204 g/mol. The molecule has 7 heteroatoms. The zero-order chi connectivity index (χ0) is 0. The molecule has 0 aromatic carbocycles. The van der Waals surface area contributed by atoms with Gasteiger partial charge < -0.3 is 21.9 Å². The van der Waals surface area contributed by atoms with Crippen LogP contribution in [0.5, 0.6) is 0 Å². The third kappa shape index (κ3) is 196.